The van der Waals surface area contributed by atoms with E-state index in [1.165, 1.54) is 22.8 Å². The van der Waals surface area contributed by atoms with Gasteiger partial charge in [-0.2, -0.15) is 4.31 Å². The molecule has 2 heterocycles. The lowest BCUT2D eigenvalue weighted by atomic mass is 9.96. The highest BCUT2D eigenvalue weighted by Crippen LogP contribution is 2.34. The highest BCUT2D eigenvalue weighted by Gasteiger charge is 2.42. The third-order valence-corrected chi connectivity index (χ3v) is 6.52. The second-order valence-corrected chi connectivity index (χ2v) is 8.09. The van der Waals surface area contributed by atoms with E-state index in [-0.39, 0.29) is 28.4 Å². The Morgan fingerprint density at radius 1 is 1.36 bits per heavy atom. The van der Waals surface area contributed by atoms with Gasteiger partial charge in [0.2, 0.25) is 10.0 Å². The number of sulfonamides is 1. The van der Waals surface area contributed by atoms with E-state index in [1.807, 2.05) is 0 Å². The minimum Gasteiger partial charge on any atom is -0.393 e. The topological polar surface area (TPSA) is 79.7 Å². The molecule has 2 fully saturated rings. The number of aliphatic hydroxyl groups is 1. The molecule has 6 nitrogen and oxygen atoms in total. The van der Waals surface area contributed by atoms with E-state index in [9.17, 15) is 13.5 Å². The van der Waals surface area contributed by atoms with Gasteiger partial charge in [0, 0.05) is 24.9 Å². The molecule has 122 valence electrons. The Balaban J connectivity index is 1.92. The SMILES string of the molecule is O=S(=O)(c1cncc(Cl)c1)N1CCOC[C@@H]1[C@H]1CCC[C@@H]1O. The highest BCUT2D eigenvalue weighted by atomic mass is 35.5. The van der Waals surface area contributed by atoms with Crippen molar-refractivity contribution in [3.8, 4) is 0 Å². The van der Waals surface area contributed by atoms with Crippen molar-refractivity contribution < 1.29 is 18.3 Å². The molecule has 22 heavy (non-hydrogen) atoms. The number of rotatable bonds is 3. The summed E-state index contributed by atoms with van der Waals surface area (Å²) in [5.41, 5.74) is 0. The predicted molar refractivity (Wildman–Crippen MR) is 81.1 cm³/mol. The molecule has 8 heteroatoms. The Labute approximate surface area is 135 Å². The van der Waals surface area contributed by atoms with Crippen molar-refractivity contribution in [2.24, 2.45) is 5.92 Å². The van der Waals surface area contributed by atoms with Crippen molar-refractivity contribution in [2.75, 3.05) is 19.8 Å². The molecular weight excluding hydrogens is 328 g/mol. The molecule has 0 radical (unpaired) electrons. The lowest BCUT2D eigenvalue weighted by Crippen LogP contribution is -2.53. The Morgan fingerprint density at radius 3 is 2.86 bits per heavy atom. The third kappa shape index (κ3) is 3.00. The van der Waals surface area contributed by atoms with Crippen molar-refractivity contribution in [1.82, 2.24) is 9.29 Å². The van der Waals surface area contributed by atoms with Crippen molar-refractivity contribution in [3.05, 3.63) is 23.5 Å². The molecular formula is C14H19ClN2O4S. The summed E-state index contributed by atoms with van der Waals surface area (Å²) in [5.74, 6) is -0.0813. The van der Waals surface area contributed by atoms with Gasteiger partial charge in [0.05, 0.1) is 30.4 Å². The highest BCUT2D eigenvalue weighted by molar-refractivity contribution is 7.89. The van der Waals surface area contributed by atoms with Crippen LogP contribution >= 0.6 is 11.6 Å². The molecule has 3 rings (SSSR count). The molecule has 1 saturated heterocycles. The number of ether oxygens (including phenoxy) is 1. The van der Waals surface area contributed by atoms with Crippen LogP contribution in [0.2, 0.25) is 5.02 Å². The molecule has 1 aromatic rings. The monoisotopic (exact) mass is 346 g/mol. The number of morpholine rings is 1. The van der Waals surface area contributed by atoms with E-state index in [0.29, 0.717) is 19.6 Å². The molecule has 1 N–H and O–H groups in total. The molecule has 2 aliphatic rings. The normalized spacial score (nSPS) is 30.5. The number of nitrogens with zero attached hydrogens (tertiary/aromatic N) is 2. The van der Waals surface area contributed by atoms with Crippen LogP contribution in [0.3, 0.4) is 0 Å². The second kappa shape index (κ2) is 6.41. The van der Waals surface area contributed by atoms with Gasteiger partial charge in [-0.05, 0) is 18.9 Å². The molecule has 1 aromatic heterocycles. The van der Waals surface area contributed by atoms with Crippen molar-refractivity contribution in [2.45, 2.75) is 36.3 Å². The number of pyridine rings is 1. The van der Waals surface area contributed by atoms with Gasteiger partial charge in [-0.3, -0.25) is 4.98 Å². The van der Waals surface area contributed by atoms with Crippen LogP contribution in [0.15, 0.2) is 23.4 Å². The van der Waals surface area contributed by atoms with E-state index >= 15 is 0 Å². The first kappa shape index (κ1) is 16.1. The van der Waals surface area contributed by atoms with E-state index in [4.69, 9.17) is 16.3 Å². The fraction of sp³-hybridized carbons (Fsp3) is 0.643. The predicted octanol–water partition coefficient (Wildman–Crippen LogP) is 1.29. The number of aliphatic hydroxyl groups excluding tert-OH is 1. The third-order valence-electron chi connectivity index (χ3n) is 4.43. The van der Waals surface area contributed by atoms with Crippen LogP contribution in [0.4, 0.5) is 0 Å². The fourth-order valence-corrected chi connectivity index (χ4v) is 5.20. The van der Waals surface area contributed by atoms with Gasteiger partial charge in [-0.15, -0.1) is 0 Å². The summed E-state index contributed by atoms with van der Waals surface area (Å²) in [5, 5.41) is 10.4. The molecule has 3 atom stereocenters. The van der Waals surface area contributed by atoms with Crippen molar-refractivity contribution in [3.63, 3.8) is 0 Å². The molecule has 1 aliphatic carbocycles. The Morgan fingerprint density at radius 2 is 2.18 bits per heavy atom. The minimum absolute atomic E-state index is 0.0813. The summed E-state index contributed by atoms with van der Waals surface area (Å²) in [6.07, 6.45) is 4.68. The quantitative estimate of drug-likeness (QED) is 0.892. The smallest absolute Gasteiger partial charge is 0.245 e. The maximum atomic E-state index is 12.9. The first-order valence-corrected chi connectivity index (χ1v) is 9.20. The van der Waals surface area contributed by atoms with Crippen LogP contribution < -0.4 is 0 Å². The standard InChI is InChI=1S/C14H19ClN2O4S/c15-10-6-11(8-16-7-10)22(19,20)17-4-5-21-9-13(17)12-2-1-3-14(12)18/h6-8,12-14,18H,1-5,9H2/t12-,13-,14+/m1/s1. The van der Waals surface area contributed by atoms with E-state index < -0.39 is 16.1 Å². The number of aromatic nitrogens is 1. The van der Waals surface area contributed by atoms with Crippen LogP contribution in [0.5, 0.6) is 0 Å². The summed E-state index contributed by atoms with van der Waals surface area (Å²) in [7, 11) is -3.70. The minimum atomic E-state index is -3.70. The first-order chi connectivity index (χ1) is 10.5. The van der Waals surface area contributed by atoms with Crippen molar-refractivity contribution in [1.29, 1.82) is 0 Å². The summed E-state index contributed by atoms with van der Waals surface area (Å²) < 4.78 is 32.7. The van der Waals surface area contributed by atoms with Gasteiger partial charge in [-0.25, -0.2) is 8.42 Å². The molecule has 0 bridgehead atoms. The zero-order valence-electron chi connectivity index (χ0n) is 12.1. The van der Waals surface area contributed by atoms with Gasteiger partial charge >= 0.3 is 0 Å². The molecule has 0 amide bonds. The average Bonchev–Trinajstić information content (AvgIpc) is 2.93. The van der Waals surface area contributed by atoms with Crippen LogP contribution in [0.1, 0.15) is 19.3 Å². The molecule has 1 saturated carbocycles. The largest absolute Gasteiger partial charge is 0.393 e. The maximum absolute atomic E-state index is 12.9. The molecule has 0 spiro atoms. The lowest BCUT2D eigenvalue weighted by molar-refractivity contribution is -0.0148. The van der Waals surface area contributed by atoms with E-state index in [1.54, 1.807) is 0 Å². The number of hydrogen-bond acceptors (Lipinski definition) is 5. The summed E-state index contributed by atoms with van der Waals surface area (Å²) in [6.45, 7) is 0.949. The Hall–Kier alpha value is -0.730. The maximum Gasteiger partial charge on any atom is 0.245 e. The first-order valence-electron chi connectivity index (χ1n) is 7.38. The van der Waals surface area contributed by atoms with Gasteiger partial charge in [-0.1, -0.05) is 18.0 Å². The molecule has 0 aromatic carbocycles. The fourth-order valence-electron chi connectivity index (χ4n) is 3.33. The van der Waals surface area contributed by atoms with Gasteiger partial charge in [0.15, 0.2) is 0 Å². The van der Waals surface area contributed by atoms with Crippen LogP contribution in [0, 0.1) is 5.92 Å². The van der Waals surface area contributed by atoms with E-state index in [2.05, 4.69) is 4.98 Å². The van der Waals surface area contributed by atoms with Gasteiger partial charge < -0.3 is 9.84 Å². The zero-order valence-corrected chi connectivity index (χ0v) is 13.6. The van der Waals surface area contributed by atoms with Gasteiger partial charge in [0.1, 0.15) is 4.90 Å². The lowest BCUT2D eigenvalue weighted by Gasteiger charge is -2.38. The number of hydrogen-bond donors (Lipinski definition) is 1. The average molecular weight is 347 g/mol. The van der Waals surface area contributed by atoms with Crippen LogP contribution in [-0.4, -0.2) is 54.7 Å². The summed E-state index contributed by atoms with van der Waals surface area (Å²) >= 11 is 5.87. The second-order valence-electron chi connectivity index (χ2n) is 5.76. The van der Waals surface area contributed by atoms with Crippen LogP contribution in [0.25, 0.3) is 0 Å². The zero-order chi connectivity index (χ0) is 15.7. The van der Waals surface area contributed by atoms with Crippen molar-refractivity contribution >= 4 is 21.6 Å². The Bertz CT molecular complexity index is 639. The number of halogens is 1. The molecule has 0 unspecified atom stereocenters. The van der Waals surface area contributed by atoms with Crippen LogP contribution in [-0.2, 0) is 14.8 Å². The Kier molecular flexibility index (Phi) is 4.70. The summed E-state index contributed by atoms with van der Waals surface area (Å²) in [4.78, 5) is 3.95. The summed E-state index contributed by atoms with van der Waals surface area (Å²) in [6, 6.07) is 1.07. The van der Waals surface area contributed by atoms with Gasteiger partial charge in [0.25, 0.3) is 0 Å². The molecule has 1 aliphatic heterocycles. The van der Waals surface area contributed by atoms with E-state index in [0.717, 1.165) is 12.8 Å².